The molecule has 392 valence electrons. The number of likely N-dealkylation sites (tertiary alicyclic amines) is 2. The molecule has 0 bridgehead atoms. The van der Waals surface area contributed by atoms with E-state index in [1.807, 2.05) is 28.9 Å². The van der Waals surface area contributed by atoms with Crippen LogP contribution in [0.1, 0.15) is 61.3 Å². The van der Waals surface area contributed by atoms with Gasteiger partial charge in [-0.05, 0) is 173 Å². The fraction of sp³-hybridized carbons (Fsp3) is 0.411. The molecule has 17 heteroatoms. The van der Waals surface area contributed by atoms with Gasteiger partial charge in [-0.2, -0.15) is 0 Å². The summed E-state index contributed by atoms with van der Waals surface area (Å²) in [5.74, 6) is 0.111. The van der Waals surface area contributed by atoms with E-state index in [0.717, 1.165) is 80.5 Å². The Bertz CT molecular complexity index is 2390. The molecule has 2 saturated heterocycles. The Balaban J connectivity index is 0.000000265. The normalized spacial score (nSPS) is 15.0. The van der Waals surface area contributed by atoms with Crippen LogP contribution in [0.5, 0.6) is 5.75 Å². The lowest BCUT2D eigenvalue weighted by Crippen LogP contribution is -2.52. The number of ether oxygens (including phenoxy) is 1. The molecule has 1 unspecified atom stereocenters. The van der Waals surface area contributed by atoms with Crippen LogP contribution < -0.4 is 47.7 Å². The number of anilines is 3. The van der Waals surface area contributed by atoms with E-state index >= 15 is 0 Å². The monoisotopic (exact) mass is 1000 g/mol. The highest BCUT2D eigenvalue weighted by atomic mass is 19.1. The molecule has 2 aliphatic heterocycles. The number of carbonyl (C=O) groups is 3. The number of nitrogens with one attached hydrogen (secondary N) is 7. The topological polar surface area (TPSA) is 197 Å². The van der Waals surface area contributed by atoms with Crippen molar-refractivity contribution < 1.29 is 33.0 Å². The smallest absolute Gasteiger partial charge is 0.319 e. The number of nitrogens with two attached hydrogens (primary N) is 1. The van der Waals surface area contributed by atoms with Crippen LogP contribution in [-0.2, 0) is 25.7 Å². The lowest BCUT2D eigenvalue weighted by molar-refractivity contribution is 0.106. The summed E-state index contributed by atoms with van der Waals surface area (Å²) in [5, 5.41) is 32.0. The molecular weight excluding hydrogens is 931 g/mol. The predicted octanol–water partition coefficient (Wildman–Crippen LogP) is 7.87. The first-order valence-corrected chi connectivity index (χ1v) is 25.7. The second-order valence-electron chi connectivity index (χ2n) is 18.3. The first-order valence-electron chi connectivity index (χ1n) is 25.7. The van der Waals surface area contributed by atoms with Gasteiger partial charge in [0.1, 0.15) is 36.3 Å². The molecule has 0 radical (unpaired) electrons. The van der Waals surface area contributed by atoms with Gasteiger partial charge in [-0.15, -0.1) is 0 Å². The summed E-state index contributed by atoms with van der Waals surface area (Å²) in [4.78, 5) is 40.6. The molecule has 0 saturated carbocycles. The number of hydrogen-bond acceptors (Lipinski definition) is 9. The van der Waals surface area contributed by atoms with Crippen molar-refractivity contribution in [2.45, 2.75) is 83.0 Å². The van der Waals surface area contributed by atoms with E-state index in [1.54, 1.807) is 48.5 Å². The summed E-state index contributed by atoms with van der Waals surface area (Å²) in [6, 6.07) is 36.4. The summed E-state index contributed by atoms with van der Waals surface area (Å²) >= 11 is 0. The number of hydrogen-bond donors (Lipinski definition) is 9. The van der Waals surface area contributed by atoms with Crippen LogP contribution in [0.15, 0.2) is 121 Å². The minimum Gasteiger partial charge on any atom is -0.491 e. The number of halogens is 2. The highest BCUT2D eigenvalue weighted by Gasteiger charge is 2.27. The molecule has 10 N–H and O–H groups in total. The summed E-state index contributed by atoms with van der Waals surface area (Å²) in [6.07, 6.45) is 7.07. The largest absolute Gasteiger partial charge is 0.491 e. The van der Waals surface area contributed by atoms with Crippen LogP contribution in [0.25, 0.3) is 0 Å². The maximum Gasteiger partial charge on any atom is 0.319 e. The number of nitrogens with zero attached hydrogens (tertiary/aromatic N) is 2. The third kappa shape index (κ3) is 19.9. The summed E-state index contributed by atoms with van der Waals surface area (Å²) in [6.45, 7) is 7.56. The minimum atomic E-state index is -0.664. The molecule has 5 aromatic carbocycles. The zero-order valence-corrected chi connectivity index (χ0v) is 42.0. The third-order valence-corrected chi connectivity index (χ3v) is 12.7. The quantitative estimate of drug-likeness (QED) is 0.0310. The highest BCUT2D eigenvalue weighted by Crippen LogP contribution is 2.22. The third-order valence-electron chi connectivity index (χ3n) is 12.7. The number of amides is 6. The van der Waals surface area contributed by atoms with Crippen molar-refractivity contribution in [1.29, 1.82) is 0 Å². The van der Waals surface area contributed by atoms with Gasteiger partial charge >= 0.3 is 18.1 Å². The van der Waals surface area contributed by atoms with Gasteiger partial charge in [0, 0.05) is 68.9 Å². The summed E-state index contributed by atoms with van der Waals surface area (Å²) < 4.78 is 31.7. The number of carbonyl (C=O) groups excluding carboxylic acids is 3. The first-order chi connectivity index (χ1) is 35.5. The summed E-state index contributed by atoms with van der Waals surface area (Å²) in [5.41, 5.74) is 12.7. The fourth-order valence-electron chi connectivity index (χ4n) is 8.55. The number of rotatable bonds is 22. The highest BCUT2D eigenvalue weighted by molar-refractivity contribution is 5.89. The Hall–Kier alpha value is -6.95. The predicted molar refractivity (Wildman–Crippen MR) is 286 cm³/mol. The first kappa shape index (κ1) is 55.4. The van der Waals surface area contributed by atoms with Crippen molar-refractivity contribution in [3.8, 4) is 5.75 Å². The van der Waals surface area contributed by atoms with Crippen LogP contribution in [-0.4, -0.2) is 117 Å². The van der Waals surface area contributed by atoms with Crippen molar-refractivity contribution in [2.24, 2.45) is 5.73 Å². The van der Waals surface area contributed by atoms with E-state index < -0.39 is 6.10 Å². The molecule has 2 heterocycles. The van der Waals surface area contributed by atoms with E-state index in [-0.39, 0.29) is 42.5 Å². The van der Waals surface area contributed by atoms with Crippen molar-refractivity contribution in [1.82, 2.24) is 31.1 Å². The van der Waals surface area contributed by atoms with E-state index in [9.17, 15) is 28.3 Å². The van der Waals surface area contributed by atoms with Crippen LogP contribution in [0.4, 0.5) is 40.2 Å². The molecule has 2 atom stereocenters. The zero-order valence-electron chi connectivity index (χ0n) is 42.0. The van der Waals surface area contributed by atoms with Gasteiger partial charge < -0.3 is 62.6 Å². The second kappa shape index (κ2) is 30.2. The molecule has 6 amide bonds. The SMILES string of the molecule is CCNC(=O)Nc1ccc(OC[C@@H](O)CNCCc2ccc(NC3CCCCN3C(=O)NCCc3ccc(F)cc3)cc2)cc1.NCCc1ccc(NC2CCN(C(=O)NCCc3ccc(F)cc3)CC2)cc1. The van der Waals surface area contributed by atoms with Crippen molar-refractivity contribution in [3.63, 3.8) is 0 Å². The molecule has 5 aromatic rings. The van der Waals surface area contributed by atoms with E-state index in [1.165, 1.54) is 35.4 Å². The van der Waals surface area contributed by atoms with Crippen molar-refractivity contribution in [3.05, 3.63) is 155 Å². The molecule has 0 spiro atoms. The molecule has 7 rings (SSSR count). The molecule has 73 heavy (non-hydrogen) atoms. The average molecular weight is 1010 g/mol. The molecule has 15 nitrogen and oxygen atoms in total. The van der Waals surface area contributed by atoms with Crippen molar-refractivity contribution in [2.75, 3.05) is 81.5 Å². The number of aliphatic hydroxyl groups is 1. The van der Waals surface area contributed by atoms with Crippen LogP contribution in [0.3, 0.4) is 0 Å². The van der Waals surface area contributed by atoms with Crippen molar-refractivity contribution >= 4 is 35.2 Å². The number of benzene rings is 5. The van der Waals surface area contributed by atoms with E-state index in [4.69, 9.17) is 10.5 Å². The maximum atomic E-state index is 13.1. The van der Waals surface area contributed by atoms with Gasteiger partial charge in [-0.1, -0.05) is 48.5 Å². The lowest BCUT2D eigenvalue weighted by atomic mass is 10.0. The Labute approximate surface area is 429 Å². The standard InChI is InChI=1S/C34H45FN6O4.C22H29FN4O/c1-2-37-33(43)40-29-14-16-31(17-15-29)45-24-30(42)23-36-20-18-26-8-12-28(13-9-26)39-32-5-3-4-22-41(32)34(44)38-21-19-25-6-10-27(35)11-7-25;23-19-5-1-18(2-6-19)10-14-25-22(28)27-15-11-21(12-16-27)26-20-7-3-17(4-8-20)9-13-24/h6-17,30,32,36,39,42H,2-5,18-24H2,1H3,(H,38,44)(H2,37,40,43);1-8,21,26H,9-16,24H2,(H,25,28)/t30-,32?;/m0./s1. The molecular formula is C56H74F2N10O5. The number of urea groups is 3. The average Bonchev–Trinajstić information content (AvgIpc) is 3.40. The minimum absolute atomic E-state index is 0.0216. The lowest BCUT2D eigenvalue weighted by Gasteiger charge is -2.36. The Morgan fingerprint density at radius 3 is 1.73 bits per heavy atom. The van der Waals surface area contributed by atoms with Gasteiger partial charge in [0.05, 0.1) is 0 Å². The Kier molecular flexibility index (Phi) is 22.9. The van der Waals surface area contributed by atoms with Crippen LogP contribution >= 0.6 is 0 Å². The van der Waals surface area contributed by atoms with Gasteiger partial charge in [-0.3, -0.25) is 0 Å². The van der Waals surface area contributed by atoms with Gasteiger partial charge in [-0.25, -0.2) is 23.2 Å². The Morgan fingerprint density at radius 1 is 0.630 bits per heavy atom. The van der Waals surface area contributed by atoms with Gasteiger partial charge in [0.25, 0.3) is 0 Å². The Morgan fingerprint density at radius 2 is 1.15 bits per heavy atom. The summed E-state index contributed by atoms with van der Waals surface area (Å²) in [7, 11) is 0. The maximum absolute atomic E-state index is 13.1. The zero-order chi connectivity index (χ0) is 51.6. The number of aliphatic hydroxyl groups excluding tert-OH is 1. The molecule has 2 fully saturated rings. The molecule has 0 aromatic heterocycles. The fourth-order valence-corrected chi connectivity index (χ4v) is 8.55. The van der Waals surface area contributed by atoms with Crippen LogP contribution in [0, 0.1) is 11.6 Å². The molecule has 0 aliphatic carbocycles. The van der Waals surface area contributed by atoms with E-state index in [0.29, 0.717) is 76.1 Å². The van der Waals surface area contributed by atoms with Crippen LogP contribution in [0.2, 0.25) is 0 Å². The van der Waals surface area contributed by atoms with E-state index in [2.05, 4.69) is 73.6 Å². The number of piperidine rings is 2. The second-order valence-corrected chi connectivity index (χ2v) is 18.3. The van der Waals surface area contributed by atoms with Gasteiger partial charge in [0.15, 0.2) is 0 Å². The molecule has 2 aliphatic rings. The van der Waals surface area contributed by atoms with Gasteiger partial charge in [0.2, 0.25) is 0 Å².